The molecule has 3 nitrogen and oxygen atoms in total. The molecule has 0 atom stereocenters. The SMILES string of the molecule is N#CCCc1c(-c2ccccc2)noc1-c1ccccc1. The molecule has 0 bridgehead atoms. The summed E-state index contributed by atoms with van der Waals surface area (Å²) in [7, 11) is 0. The van der Waals surface area contributed by atoms with Crippen molar-refractivity contribution < 1.29 is 4.52 Å². The molecule has 21 heavy (non-hydrogen) atoms. The molecule has 0 radical (unpaired) electrons. The summed E-state index contributed by atoms with van der Waals surface area (Å²) >= 11 is 0. The van der Waals surface area contributed by atoms with Gasteiger partial charge in [-0.3, -0.25) is 0 Å². The highest BCUT2D eigenvalue weighted by atomic mass is 16.5. The predicted molar refractivity (Wildman–Crippen MR) is 81.3 cm³/mol. The summed E-state index contributed by atoms with van der Waals surface area (Å²) in [5.74, 6) is 0.754. The van der Waals surface area contributed by atoms with Gasteiger partial charge in [-0.1, -0.05) is 65.8 Å². The first-order valence-electron chi connectivity index (χ1n) is 6.86. The van der Waals surface area contributed by atoms with Crippen LogP contribution >= 0.6 is 0 Å². The van der Waals surface area contributed by atoms with Gasteiger partial charge in [0, 0.05) is 23.1 Å². The molecule has 0 saturated heterocycles. The number of nitrogens with zero attached hydrogens (tertiary/aromatic N) is 2. The fraction of sp³-hybridized carbons (Fsp3) is 0.111. The monoisotopic (exact) mass is 274 g/mol. The number of rotatable bonds is 4. The van der Waals surface area contributed by atoms with Gasteiger partial charge in [0.2, 0.25) is 0 Å². The molecule has 0 spiro atoms. The van der Waals surface area contributed by atoms with Gasteiger partial charge in [0.15, 0.2) is 5.76 Å². The molecular weight excluding hydrogens is 260 g/mol. The van der Waals surface area contributed by atoms with E-state index < -0.39 is 0 Å². The molecule has 0 amide bonds. The fourth-order valence-electron chi connectivity index (χ4n) is 2.36. The van der Waals surface area contributed by atoms with Crippen molar-refractivity contribution in [2.75, 3.05) is 0 Å². The summed E-state index contributed by atoms with van der Waals surface area (Å²) in [4.78, 5) is 0. The molecule has 3 aromatic rings. The van der Waals surface area contributed by atoms with Crippen LogP contribution in [-0.4, -0.2) is 5.16 Å². The Bertz CT molecular complexity index is 698. The van der Waals surface area contributed by atoms with Crippen LogP contribution in [0.15, 0.2) is 65.2 Å². The summed E-state index contributed by atoms with van der Waals surface area (Å²) in [6.07, 6.45) is 1.08. The van der Waals surface area contributed by atoms with Crippen molar-refractivity contribution >= 4 is 0 Å². The second-order valence-corrected chi connectivity index (χ2v) is 4.73. The lowest BCUT2D eigenvalue weighted by molar-refractivity contribution is 0.434. The summed E-state index contributed by atoms with van der Waals surface area (Å²) < 4.78 is 5.57. The summed E-state index contributed by atoms with van der Waals surface area (Å²) in [5.41, 5.74) is 3.81. The van der Waals surface area contributed by atoms with Crippen molar-refractivity contribution in [3.05, 3.63) is 66.2 Å². The van der Waals surface area contributed by atoms with Crippen molar-refractivity contribution in [3.8, 4) is 28.7 Å². The van der Waals surface area contributed by atoms with E-state index in [4.69, 9.17) is 9.78 Å². The molecule has 0 aliphatic rings. The second-order valence-electron chi connectivity index (χ2n) is 4.73. The van der Waals surface area contributed by atoms with Crippen LogP contribution in [0.25, 0.3) is 22.6 Å². The van der Waals surface area contributed by atoms with Crippen LogP contribution in [0.5, 0.6) is 0 Å². The molecular formula is C18H14N2O. The van der Waals surface area contributed by atoms with Crippen LogP contribution in [0.1, 0.15) is 12.0 Å². The predicted octanol–water partition coefficient (Wildman–Crippen LogP) is 4.46. The summed E-state index contributed by atoms with van der Waals surface area (Å²) in [6.45, 7) is 0. The van der Waals surface area contributed by atoms with E-state index in [0.29, 0.717) is 12.8 Å². The van der Waals surface area contributed by atoms with Crippen LogP contribution in [0.4, 0.5) is 0 Å². The van der Waals surface area contributed by atoms with E-state index in [1.807, 2.05) is 60.7 Å². The minimum absolute atomic E-state index is 0.445. The van der Waals surface area contributed by atoms with Crippen molar-refractivity contribution in [3.63, 3.8) is 0 Å². The quantitative estimate of drug-likeness (QED) is 0.705. The third kappa shape index (κ3) is 2.70. The van der Waals surface area contributed by atoms with Gasteiger partial charge in [-0.05, 0) is 6.42 Å². The first-order valence-corrected chi connectivity index (χ1v) is 6.86. The van der Waals surface area contributed by atoms with E-state index in [1.165, 1.54) is 0 Å². The average molecular weight is 274 g/mol. The Hall–Kier alpha value is -2.86. The van der Waals surface area contributed by atoms with Crippen LogP contribution < -0.4 is 0 Å². The van der Waals surface area contributed by atoms with Crippen molar-refractivity contribution in [1.82, 2.24) is 5.16 Å². The van der Waals surface area contributed by atoms with Gasteiger partial charge in [-0.15, -0.1) is 0 Å². The van der Waals surface area contributed by atoms with Crippen molar-refractivity contribution in [2.45, 2.75) is 12.8 Å². The molecule has 2 aromatic carbocycles. The highest BCUT2D eigenvalue weighted by Gasteiger charge is 2.18. The highest BCUT2D eigenvalue weighted by molar-refractivity contribution is 5.72. The van der Waals surface area contributed by atoms with E-state index >= 15 is 0 Å². The number of nitriles is 1. The molecule has 1 heterocycles. The van der Waals surface area contributed by atoms with Crippen LogP contribution in [0.3, 0.4) is 0 Å². The maximum Gasteiger partial charge on any atom is 0.170 e. The van der Waals surface area contributed by atoms with E-state index in [9.17, 15) is 0 Å². The van der Waals surface area contributed by atoms with Gasteiger partial charge in [0.25, 0.3) is 0 Å². The Labute approximate surface area is 123 Å². The lowest BCUT2D eigenvalue weighted by Gasteiger charge is -2.02. The Balaban J connectivity index is 2.10. The second kappa shape index (κ2) is 6.06. The van der Waals surface area contributed by atoms with Gasteiger partial charge in [0.1, 0.15) is 5.69 Å². The number of hydrogen-bond donors (Lipinski definition) is 0. The molecule has 3 rings (SSSR count). The minimum Gasteiger partial charge on any atom is -0.355 e. The van der Waals surface area contributed by atoms with Gasteiger partial charge in [0.05, 0.1) is 6.07 Å². The van der Waals surface area contributed by atoms with Crippen molar-refractivity contribution in [2.24, 2.45) is 0 Å². The first kappa shape index (κ1) is 13.1. The first-order chi connectivity index (χ1) is 10.4. The third-order valence-electron chi connectivity index (χ3n) is 3.36. The largest absolute Gasteiger partial charge is 0.355 e. The Kier molecular flexibility index (Phi) is 3.79. The zero-order chi connectivity index (χ0) is 14.5. The molecule has 0 aliphatic heterocycles. The highest BCUT2D eigenvalue weighted by Crippen LogP contribution is 2.32. The Morgan fingerprint density at radius 1 is 0.905 bits per heavy atom. The van der Waals surface area contributed by atoms with Gasteiger partial charge < -0.3 is 4.52 Å². The average Bonchev–Trinajstić information content (AvgIpc) is 2.98. The Morgan fingerprint density at radius 3 is 2.14 bits per heavy atom. The Morgan fingerprint density at radius 2 is 1.52 bits per heavy atom. The van der Waals surface area contributed by atoms with Gasteiger partial charge in [-0.2, -0.15) is 5.26 Å². The van der Waals surface area contributed by atoms with Gasteiger partial charge >= 0.3 is 0 Å². The van der Waals surface area contributed by atoms with Gasteiger partial charge in [-0.25, -0.2) is 0 Å². The smallest absolute Gasteiger partial charge is 0.170 e. The number of aromatic nitrogens is 1. The van der Waals surface area contributed by atoms with E-state index in [0.717, 1.165) is 28.1 Å². The lowest BCUT2D eigenvalue weighted by atomic mass is 9.99. The number of hydrogen-bond acceptors (Lipinski definition) is 3. The standard InChI is InChI=1S/C18H14N2O/c19-13-7-12-16-17(14-8-3-1-4-9-14)20-21-18(16)15-10-5-2-6-11-15/h1-6,8-11H,7,12H2. The molecule has 102 valence electrons. The summed E-state index contributed by atoms with van der Waals surface area (Å²) in [6, 6.07) is 22.0. The molecule has 0 saturated carbocycles. The normalized spacial score (nSPS) is 10.2. The topological polar surface area (TPSA) is 49.8 Å². The molecule has 1 aromatic heterocycles. The maximum atomic E-state index is 8.89. The van der Waals surface area contributed by atoms with Crippen LogP contribution in [0.2, 0.25) is 0 Å². The maximum absolute atomic E-state index is 8.89. The minimum atomic E-state index is 0.445. The fourth-order valence-corrected chi connectivity index (χ4v) is 2.36. The lowest BCUT2D eigenvalue weighted by Crippen LogP contribution is -1.89. The van der Waals surface area contributed by atoms with E-state index in [-0.39, 0.29) is 0 Å². The molecule has 0 fully saturated rings. The summed E-state index contributed by atoms with van der Waals surface area (Å²) in [5, 5.41) is 13.1. The van der Waals surface area contributed by atoms with E-state index in [2.05, 4.69) is 11.2 Å². The zero-order valence-electron chi connectivity index (χ0n) is 11.5. The molecule has 0 aliphatic carbocycles. The molecule has 0 unspecified atom stereocenters. The molecule has 0 N–H and O–H groups in total. The molecule has 3 heteroatoms. The van der Waals surface area contributed by atoms with Crippen molar-refractivity contribution in [1.29, 1.82) is 5.26 Å². The number of benzene rings is 2. The van der Waals surface area contributed by atoms with Crippen LogP contribution in [-0.2, 0) is 6.42 Å². The zero-order valence-corrected chi connectivity index (χ0v) is 11.5. The van der Waals surface area contributed by atoms with E-state index in [1.54, 1.807) is 0 Å². The van der Waals surface area contributed by atoms with Crippen LogP contribution in [0, 0.1) is 11.3 Å². The third-order valence-corrected chi connectivity index (χ3v) is 3.36.